The van der Waals surface area contributed by atoms with E-state index in [-0.39, 0.29) is 0 Å². The van der Waals surface area contributed by atoms with E-state index in [1.54, 1.807) is 12.4 Å². The highest BCUT2D eigenvalue weighted by atomic mass is 15.2. The van der Waals surface area contributed by atoms with Gasteiger partial charge in [0.15, 0.2) is 0 Å². The molecule has 1 aliphatic rings. The molecule has 29 heavy (non-hydrogen) atoms. The smallest absolute Gasteiger partial charge is 0.0890 e. The van der Waals surface area contributed by atoms with E-state index in [0.29, 0.717) is 6.04 Å². The maximum absolute atomic E-state index is 4.43. The van der Waals surface area contributed by atoms with Crippen molar-refractivity contribution in [3.05, 3.63) is 71.4 Å². The minimum atomic E-state index is 0.457. The van der Waals surface area contributed by atoms with E-state index in [9.17, 15) is 0 Å². The molecule has 3 rings (SSSR count). The van der Waals surface area contributed by atoms with Crippen LogP contribution in [0.25, 0.3) is 11.0 Å². The van der Waals surface area contributed by atoms with E-state index >= 15 is 0 Å². The second kappa shape index (κ2) is 10.2. The Kier molecular flexibility index (Phi) is 7.42. The van der Waals surface area contributed by atoms with Crippen molar-refractivity contribution < 1.29 is 0 Å². The van der Waals surface area contributed by atoms with Crippen molar-refractivity contribution in [2.75, 3.05) is 19.6 Å². The molecule has 1 aromatic carbocycles. The fourth-order valence-electron chi connectivity index (χ4n) is 3.53. The molecule has 5 heteroatoms. The Bertz CT molecular complexity index is 912. The van der Waals surface area contributed by atoms with Gasteiger partial charge in [-0.3, -0.25) is 9.97 Å². The fourth-order valence-corrected chi connectivity index (χ4v) is 3.53. The van der Waals surface area contributed by atoms with Crippen LogP contribution in [0.1, 0.15) is 39.7 Å². The van der Waals surface area contributed by atoms with Crippen molar-refractivity contribution in [3.8, 4) is 0 Å². The molecule has 5 nitrogen and oxygen atoms in total. The number of hydrogen-bond donors (Lipinski definition) is 2. The van der Waals surface area contributed by atoms with E-state index in [1.165, 1.54) is 16.8 Å². The van der Waals surface area contributed by atoms with Gasteiger partial charge in [0.05, 0.1) is 22.4 Å². The lowest BCUT2D eigenvalue weighted by Gasteiger charge is -2.38. The lowest BCUT2D eigenvalue weighted by molar-refractivity contribution is 0.225. The molecule has 0 bridgehead atoms. The van der Waals surface area contributed by atoms with Crippen LogP contribution in [0.15, 0.2) is 65.8 Å². The highest BCUT2D eigenvalue weighted by Gasteiger charge is 2.22. The highest BCUT2D eigenvalue weighted by molar-refractivity contribution is 5.74. The molecular formula is C24H33N5. The number of nitrogens with zero attached hydrogens (tertiary/aromatic N) is 3. The van der Waals surface area contributed by atoms with Gasteiger partial charge in [-0.05, 0) is 51.0 Å². The average molecular weight is 392 g/mol. The molecule has 1 saturated heterocycles. The maximum atomic E-state index is 4.43. The van der Waals surface area contributed by atoms with E-state index in [1.807, 2.05) is 6.07 Å². The van der Waals surface area contributed by atoms with Crippen LogP contribution in [-0.2, 0) is 6.54 Å². The minimum Gasteiger partial charge on any atom is -0.380 e. The average Bonchev–Trinajstić information content (AvgIpc) is 2.76. The number of aromatic nitrogens is 2. The van der Waals surface area contributed by atoms with Crippen LogP contribution in [0.3, 0.4) is 0 Å². The number of allylic oxidation sites excluding steroid dienone is 4. The van der Waals surface area contributed by atoms with Crippen molar-refractivity contribution in [3.63, 3.8) is 0 Å². The normalized spacial score (nSPS) is 19.0. The van der Waals surface area contributed by atoms with Gasteiger partial charge in [-0.15, -0.1) is 0 Å². The predicted molar refractivity (Wildman–Crippen MR) is 121 cm³/mol. The summed E-state index contributed by atoms with van der Waals surface area (Å²) in [5.41, 5.74) is 6.87. The summed E-state index contributed by atoms with van der Waals surface area (Å²) in [5, 5.41) is 7.15. The van der Waals surface area contributed by atoms with Gasteiger partial charge in [0.25, 0.3) is 0 Å². The van der Waals surface area contributed by atoms with Gasteiger partial charge in [0.2, 0.25) is 0 Å². The fraction of sp³-hybridized carbons (Fsp3) is 0.417. The van der Waals surface area contributed by atoms with Gasteiger partial charge in [-0.2, -0.15) is 0 Å². The van der Waals surface area contributed by atoms with Gasteiger partial charge in [-0.25, -0.2) is 0 Å². The first-order valence-corrected chi connectivity index (χ1v) is 10.6. The van der Waals surface area contributed by atoms with Crippen molar-refractivity contribution >= 4 is 11.0 Å². The zero-order valence-corrected chi connectivity index (χ0v) is 18.1. The van der Waals surface area contributed by atoms with E-state index in [4.69, 9.17) is 0 Å². The molecule has 2 aromatic rings. The van der Waals surface area contributed by atoms with Gasteiger partial charge in [0.1, 0.15) is 0 Å². The zero-order chi connectivity index (χ0) is 20.6. The van der Waals surface area contributed by atoms with Crippen molar-refractivity contribution in [1.82, 2.24) is 25.5 Å². The van der Waals surface area contributed by atoms with Crippen LogP contribution in [0, 0.1) is 0 Å². The Hall–Kier alpha value is -2.66. The summed E-state index contributed by atoms with van der Waals surface area (Å²) in [7, 11) is 0. The van der Waals surface area contributed by atoms with Gasteiger partial charge < -0.3 is 15.5 Å². The second-order valence-corrected chi connectivity index (χ2v) is 7.60. The number of piperazine rings is 1. The standard InChI is InChI=1S/C24H33N5/c1-5-18(3)7-10-24(29-14-13-25-16-19(29)4)21(6-2)28-17-20-8-9-22-23(15-20)27-12-11-26-22/h6-12,15,19,25,28H,5,13-14,16-17H2,1-4H3/b18-7+,21-6+,24-10+. The molecule has 2 heterocycles. The summed E-state index contributed by atoms with van der Waals surface area (Å²) in [6.07, 6.45) is 11.2. The van der Waals surface area contributed by atoms with Crippen molar-refractivity contribution in [2.45, 2.75) is 46.7 Å². The summed E-state index contributed by atoms with van der Waals surface area (Å²) in [5.74, 6) is 0. The number of rotatable bonds is 7. The highest BCUT2D eigenvalue weighted by Crippen LogP contribution is 2.20. The Morgan fingerprint density at radius 1 is 1.24 bits per heavy atom. The molecule has 0 aliphatic carbocycles. The molecule has 0 amide bonds. The van der Waals surface area contributed by atoms with Crippen LogP contribution in [0.4, 0.5) is 0 Å². The minimum absolute atomic E-state index is 0.457. The molecule has 1 unspecified atom stereocenters. The van der Waals surface area contributed by atoms with Crippen LogP contribution in [-0.4, -0.2) is 40.5 Å². The molecule has 1 atom stereocenters. The van der Waals surface area contributed by atoms with E-state index < -0.39 is 0 Å². The second-order valence-electron chi connectivity index (χ2n) is 7.60. The van der Waals surface area contributed by atoms with Crippen molar-refractivity contribution in [1.29, 1.82) is 0 Å². The molecule has 0 saturated carbocycles. The summed E-state index contributed by atoms with van der Waals surface area (Å²) in [6.45, 7) is 12.6. The van der Waals surface area contributed by atoms with Crippen molar-refractivity contribution in [2.24, 2.45) is 0 Å². The number of benzene rings is 1. The number of nitrogens with one attached hydrogen (secondary N) is 2. The molecule has 1 aliphatic heterocycles. The topological polar surface area (TPSA) is 53.1 Å². The molecule has 154 valence electrons. The molecule has 0 radical (unpaired) electrons. The monoisotopic (exact) mass is 391 g/mol. The molecule has 1 fully saturated rings. The Labute approximate surface area is 174 Å². The van der Waals surface area contributed by atoms with Crippen LogP contribution >= 0.6 is 0 Å². The number of hydrogen-bond acceptors (Lipinski definition) is 5. The lowest BCUT2D eigenvalue weighted by atomic mass is 10.1. The third kappa shape index (κ3) is 5.45. The Morgan fingerprint density at radius 3 is 2.76 bits per heavy atom. The van der Waals surface area contributed by atoms with E-state index in [2.05, 4.69) is 83.6 Å². The maximum Gasteiger partial charge on any atom is 0.0890 e. The lowest BCUT2D eigenvalue weighted by Crippen LogP contribution is -2.49. The van der Waals surface area contributed by atoms with Gasteiger partial charge >= 0.3 is 0 Å². The molecule has 2 N–H and O–H groups in total. The molecule has 1 aromatic heterocycles. The van der Waals surface area contributed by atoms with Gasteiger partial charge in [0, 0.05) is 44.6 Å². The molecular weight excluding hydrogens is 358 g/mol. The first kappa shape index (κ1) is 21.1. The van der Waals surface area contributed by atoms with Crippen LogP contribution < -0.4 is 10.6 Å². The number of fused-ring (bicyclic) bond motifs is 1. The summed E-state index contributed by atoms with van der Waals surface area (Å²) >= 11 is 0. The van der Waals surface area contributed by atoms with Crippen LogP contribution in [0.5, 0.6) is 0 Å². The Morgan fingerprint density at radius 2 is 2.03 bits per heavy atom. The third-order valence-electron chi connectivity index (χ3n) is 5.48. The summed E-state index contributed by atoms with van der Waals surface area (Å²) < 4.78 is 0. The summed E-state index contributed by atoms with van der Waals surface area (Å²) in [6, 6.07) is 6.73. The zero-order valence-electron chi connectivity index (χ0n) is 18.1. The third-order valence-corrected chi connectivity index (χ3v) is 5.48. The quantitative estimate of drug-likeness (QED) is 0.694. The largest absolute Gasteiger partial charge is 0.380 e. The predicted octanol–water partition coefficient (Wildman–Crippen LogP) is 4.16. The first-order chi connectivity index (χ1) is 14.1. The van der Waals surface area contributed by atoms with Crippen LogP contribution in [0.2, 0.25) is 0 Å². The SMILES string of the molecule is C\C=C(NCc1ccc2nccnc2c1)/C(=C\C=C(/C)CC)N1CCNCC1C. The first-order valence-electron chi connectivity index (χ1n) is 10.6. The van der Waals surface area contributed by atoms with Gasteiger partial charge in [-0.1, -0.05) is 30.7 Å². The summed E-state index contributed by atoms with van der Waals surface area (Å²) in [4.78, 5) is 11.3. The molecule has 0 spiro atoms. The Balaban J connectivity index is 1.82. The van der Waals surface area contributed by atoms with E-state index in [0.717, 1.165) is 49.3 Å².